The zero-order valence-corrected chi connectivity index (χ0v) is 9.83. The molecule has 5 heteroatoms. The largest absolute Gasteiger partial charge is 0.468 e. The molecule has 0 amide bonds. The van der Waals surface area contributed by atoms with E-state index in [2.05, 4.69) is 36.3 Å². The Bertz CT molecular complexity index is 201. The summed E-state index contributed by atoms with van der Waals surface area (Å²) in [4.78, 5) is 13.3. The zero-order chi connectivity index (χ0) is 10.7. The summed E-state index contributed by atoms with van der Waals surface area (Å²) in [5.74, 6) is -0.170. The molecule has 82 valence electrons. The van der Waals surface area contributed by atoms with Gasteiger partial charge in [0, 0.05) is 25.2 Å². The number of ether oxygens (including phenoxy) is 1. The summed E-state index contributed by atoms with van der Waals surface area (Å²) in [6, 6.07) is 0.686. The van der Waals surface area contributed by atoms with Crippen LogP contribution in [0.2, 0.25) is 0 Å². The normalized spacial score (nSPS) is 30.3. The standard InChI is InChI=1S/C9H18N2O2S/c1-7-4-10(14)5-8(2)11(7)6-9(12)13-3/h7-8,14H,4-6H2,1-3H3. The lowest BCUT2D eigenvalue weighted by atomic mass is 10.1. The molecule has 0 radical (unpaired) electrons. The number of rotatable bonds is 2. The highest BCUT2D eigenvalue weighted by Gasteiger charge is 2.29. The van der Waals surface area contributed by atoms with Crippen molar-refractivity contribution in [3.63, 3.8) is 0 Å². The van der Waals surface area contributed by atoms with E-state index in [0.29, 0.717) is 18.6 Å². The van der Waals surface area contributed by atoms with Crippen LogP contribution in [0.5, 0.6) is 0 Å². The summed E-state index contributed by atoms with van der Waals surface area (Å²) >= 11 is 4.32. The summed E-state index contributed by atoms with van der Waals surface area (Å²) in [7, 11) is 1.42. The first kappa shape index (κ1) is 11.8. The van der Waals surface area contributed by atoms with Crippen LogP contribution in [0.25, 0.3) is 0 Å². The molecule has 0 bridgehead atoms. The molecule has 1 rings (SSSR count). The lowest BCUT2D eigenvalue weighted by Gasteiger charge is -2.41. The highest BCUT2D eigenvalue weighted by Crippen LogP contribution is 2.16. The fraction of sp³-hybridized carbons (Fsp3) is 0.889. The fourth-order valence-corrected chi connectivity index (χ4v) is 2.33. The summed E-state index contributed by atoms with van der Waals surface area (Å²) in [5, 5.41) is 0. The van der Waals surface area contributed by atoms with Crippen LogP contribution < -0.4 is 0 Å². The monoisotopic (exact) mass is 218 g/mol. The Morgan fingerprint density at radius 1 is 1.43 bits per heavy atom. The van der Waals surface area contributed by atoms with E-state index in [4.69, 9.17) is 0 Å². The third-order valence-electron chi connectivity index (χ3n) is 2.62. The Morgan fingerprint density at radius 2 is 1.93 bits per heavy atom. The second kappa shape index (κ2) is 5.00. The van der Waals surface area contributed by atoms with Crippen LogP contribution in [0.4, 0.5) is 0 Å². The molecule has 14 heavy (non-hydrogen) atoms. The van der Waals surface area contributed by atoms with Gasteiger partial charge >= 0.3 is 5.97 Å². The highest BCUT2D eigenvalue weighted by atomic mass is 32.1. The number of methoxy groups -OCH3 is 1. The van der Waals surface area contributed by atoms with Crippen molar-refractivity contribution in [2.75, 3.05) is 26.7 Å². The molecule has 4 nitrogen and oxygen atoms in total. The second-order valence-electron chi connectivity index (χ2n) is 3.82. The number of nitrogens with zero attached hydrogens (tertiary/aromatic N) is 2. The zero-order valence-electron chi connectivity index (χ0n) is 8.93. The van der Waals surface area contributed by atoms with E-state index >= 15 is 0 Å². The van der Waals surface area contributed by atoms with Gasteiger partial charge in [-0.2, -0.15) is 0 Å². The van der Waals surface area contributed by atoms with E-state index in [9.17, 15) is 4.79 Å². The Balaban J connectivity index is 2.53. The number of esters is 1. The average Bonchev–Trinajstić information content (AvgIpc) is 2.10. The predicted octanol–water partition coefficient (Wildman–Crippen LogP) is 0.399. The Morgan fingerprint density at radius 3 is 2.36 bits per heavy atom. The first-order chi connectivity index (χ1) is 6.54. The van der Waals surface area contributed by atoms with Gasteiger partial charge in [0.25, 0.3) is 0 Å². The molecule has 0 aromatic rings. The van der Waals surface area contributed by atoms with Gasteiger partial charge in [-0.05, 0) is 13.8 Å². The van der Waals surface area contributed by atoms with Crippen LogP contribution in [0.1, 0.15) is 13.8 Å². The van der Waals surface area contributed by atoms with Gasteiger partial charge in [-0.15, -0.1) is 0 Å². The van der Waals surface area contributed by atoms with Crippen LogP contribution in [-0.4, -0.2) is 54.0 Å². The first-order valence-electron chi connectivity index (χ1n) is 4.81. The van der Waals surface area contributed by atoms with Gasteiger partial charge in [-0.3, -0.25) is 14.0 Å². The minimum atomic E-state index is -0.170. The van der Waals surface area contributed by atoms with E-state index in [1.165, 1.54) is 7.11 Å². The smallest absolute Gasteiger partial charge is 0.319 e. The van der Waals surface area contributed by atoms with Crippen molar-refractivity contribution in [1.29, 1.82) is 0 Å². The van der Waals surface area contributed by atoms with Crippen molar-refractivity contribution in [3.8, 4) is 0 Å². The number of thiol groups is 1. The Hall–Kier alpha value is -0.260. The summed E-state index contributed by atoms with van der Waals surface area (Å²) < 4.78 is 6.65. The van der Waals surface area contributed by atoms with Gasteiger partial charge in [-0.1, -0.05) is 12.8 Å². The molecule has 2 unspecified atom stereocenters. The lowest BCUT2D eigenvalue weighted by molar-refractivity contribution is -0.143. The van der Waals surface area contributed by atoms with Crippen LogP contribution in [0.15, 0.2) is 0 Å². The maximum absolute atomic E-state index is 11.2. The van der Waals surface area contributed by atoms with E-state index in [0.717, 1.165) is 13.1 Å². The molecule has 1 aliphatic heterocycles. The summed E-state index contributed by atoms with van der Waals surface area (Å²) in [5.41, 5.74) is 0. The molecule has 0 aromatic carbocycles. The molecule has 1 saturated heterocycles. The maximum atomic E-state index is 11.2. The molecule has 0 N–H and O–H groups in total. The average molecular weight is 218 g/mol. The minimum absolute atomic E-state index is 0.170. The van der Waals surface area contributed by atoms with Gasteiger partial charge in [0.2, 0.25) is 0 Å². The van der Waals surface area contributed by atoms with Crippen LogP contribution in [-0.2, 0) is 9.53 Å². The molecule has 2 atom stereocenters. The number of hydrogen-bond donors (Lipinski definition) is 1. The summed E-state index contributed by atoms with van der Waals surface area (Å²) in [6.45, 7) is 6.33. The lowest BCUT2D eigenvalue weighted by Crippen LogP contribution is -2.55. The molecule has 0 aromatic heterocycles. The second-order valence-corrected chi connectivity index (χ2v) is 4.38. The van der Waals surface area contributed by atoms with E-state index in [1.807, 2.05) is 4.31 Å². The highest BCUT2D eigenvalue weighted by molar-refractivity contribution is 7.77. The number of carbonyl (C=O) groups excluding carboxylic acids is 1. The molecule has 0 saturated carbocycles. The third kappa shape index (κ3) is 2.87. The van der Waals surface area contributed by atoms with Crippen molar-refractivity contribution >= 4 is 18.8 Å². The van der Waals surface area contributed by atoms with Crippen LogP contribution >= 0.6 is 12.8 Å². The molecule has 1 heterocycles. The van der Waals surface area contributed by atoms with Gasteiger partial charge in [0.1, 0.15) is 0 Å². The van der Waals surface area contributed by atoms with Gasteiger partial charge in [0.05, 0.1) is 13.7 Å². The third-order valence-corrected chi connectivity index (χ3v) is 2.95. The van der Waals surface area contributed by atoms with E-state index < -0.39 is 0 Å². The molecular formula is C9H18N2O2S. The van der Waals surface area contributed by atoms with E-state index in [1.54, 1.807) is 0 Å². The Labute approximate surface area is 90.7 Å². The molecule has 0 aliphatic carbocycles. The van der Waals surface area contributed by atoms with Gasteiger partial charge in [0.15, 0.2) is 0 Å². The van der Waals surface area contributed by atoms with Crippen molar-refractivity contribution in [2.45, 2.75) is 25.9 Å². The first-order valence-corrected chi connectivity index (χ1v) is 5.21. The number of hydrogen-bond acceptors (Lipinski definition) is 5. The topological polar surface area (TPSA) is 32.8 Å². The molecule has 0 spiro atoms. The molecule has 1 fully saturated rings. The summed E-state index contributed by atoms with van der Waals surface area (Å²) in [6.07, 6.45) is 0. The van der Waals surface area contributed by atoms with Gasteiger partial charge in [-0.25, -0.2) is 0 Å². The van der Waals surface area contributed by atoms with Gasteiger partial charge < -0.3 is 4.74 Å². The van der Waals surface area contributed by atoms with E-state index in [-0.39, 0.29) is 5.97 Å². The molecule has 1 aliphatic rings. The van der Waals surface area contributed by atoms with Crippen LogP contribution in [0.3, 0.4) is 0 Å². The van der Waals surface area contributed by atoms with Crippen molar-refractivity contribution in [3.05, 3.63) is 0 Å². The maximum Gasteiger partial charge on any atom is 0.319 e. The number of carbonyl (C=O) groups is 1. The SMILES string of the molecule is COC(=O)CN1C(C)CN(S)CC1C. The van der Waals surface area contributed by atoms with Crippen molar-refractivity contribution < 1.29 is 9.53 Å². The quantitative estimate of drug-likeness (QED) is 0.537. The number of piperazine rings is 1. The Kier molecular flexibility index (Phi) is 4.22. The van der Waals surface area contributed by atoms with Crippen molar-refractivity contribution in [1.82, 2.24) is 9.21 Å². The fourth-order valence-electron chi connectivity index (χ4n) is 1.85. The van der Waals surface area contributed by atoms with Crippen molar-refractivity contribution in [2.24, 2.45) is 0 Å². The minimum Gasteiger partial charge on any atom is -0.468 e. The van der Waals surface area contributed by atoms with Crippen LogP contribution in [0, 0.1) is 0 Å². The molecular weight excluding hydrogens is 200 g/mol. The predicted molar refractivity (Wildman–Crippen MR) is 58.2 cm³/mol.